The Morgan fingerprint density at radius 2 is 1.94 bits per heavy atom. The van der Waals surface area contributed by atoms with Gasteiger partial charge in [-0.15, -0.1) is 0 Å². The number of hydrogen-bond acceptors (Lipinski definition) is 2. The highest BCUT2D eigenvalue weighted by Gasteiger charge is 1.97. The van der Waals surface area contributed by atoms with Crippen molar-refractivity contribution in [1.29, 1.82) is 0 Å². The van der Waals surface area contributed by atoms with Crippen LogP contribution in [-0.4, -0.2) is 19.6 Å². The zero-order valence-corrected chi connectivity index (χ0v) is 11.9. The molecule has 2 nitrogen and oxygen atoms in total. The van der Waals surface area contributed by atoms with E-state index in [0.717, 1.165) is 42.1 Å². The monoisotopic (exact) mass is 304 g/mol. The van der Waals surface area contributed by atoms with Crippen molar-refractivity contribution in [2.24, 2.45) is 0 Å². The van der Waals surface area contributed by atoms with Gasteiger partial charge in [-0.25, -0.2) is 0 Å². The molecule has 1 aromatic carbocycles. The molecule has 0 saturated heterocycles. The summed E-state index contributed by atoms with van der Waals surface area (Å²) in [6.07, 6.45) is 1.15. The quantitative estimate of drug-likeness (QED) is 0.756. The third kappa shape index (κ3) is 5.85. The second kappa shape index (κ2) is 8.07. The smallest absolute Gasteiger partial charge is 0.0420 e. The first-order chi connectivity index (χ1) is 7.72. The molecule has 0 saturated carbocycles. The van der Waals surface area contributed by atoms with Gasteiger partial charge in [0, 0.05) is 16.0 Å². The average Bonchev–Trinajstić information content (AvgIpc) is 2.22. The second-order valence-corrected chi connectivity index (χ2v) is 5.01. The SMILES string of the molecule is CCNCCCNCc1cc(Cl)cc(Br)c1. The lowest BCUT2D eigenvalue weighted by molar-refractivity contribution is 0.606. The lowest BCUT2D eigenvalue weighted by atomic mass is 10.2. The number of hydrogen-bond donors (Lipinski definition) is 2. The van der Waals surface area contributed by atoms with Crippen molar-refractivity contribution < 1.29 is 0 Å². The van der Waals surface area contributed by atoms with E-state index in [4.69, 9.17) is 11.6 Å². The molecule has 0 unspecified atom stereocenters. The summed E-state index contributed by atoms with van der Waals surface area (Å²) < 4.78 is 1.03. The summed E-state index contributed by atoms with van der Waals surface area (Å²) in [4.78, 5) is 0. The number of rotatable bonds is 7. The van der Waals surface area contributed by atoms with Crippen molar-refractivity contribution in [2.45, 2.75) is 19.9 Å². The van der Waals surface area contributed by atoms with E-state index in [0.29, 0.717) is 0 Å². The van der Waals surface area contributed by atoms with Crippen molar-refractivity contribution >= 4 is 27.5 Å². The average molecular weight is 306 g/mol. The van der Waals surface area contributed by atoms with Gasteiger partial charge in [-0.3, -0.25) is 0 Å². The largest absolute Gasteiger partial charge is 0.317 e. The topological polar surface area (TPSA) is 24.1 Å². The third-order valence-electron chi connectivity index (χ3n) is 2.21. The van der Waals surface area contributed by atoms with Crippen LogP contribution in [0.2, 0.25) is 5.02 Å². The van der Waals surface area contributed by atoms with Crippen LogP contribution in [-0.2, 0) is 6.54 Å². The first-order valence-electron chi connectivity index (χ1n) is 5.58. The minimum absolute atomic E-state index is 0.777. The Morgan fingerprint density at radius 1 is 1.19 bits per heavy atom. The summed E-state index contributed by atoms with van der Waals surface area (Å²) in [6, 6.07) is 5.98. The maximum atomic E-state index is 5.96. The van der Waals surface area contributed by atoms with Crippen LogP contribution in [0.4, 0.5) is 0 Å². The Hall–Kier alpha value is -0.0900. The molecule has 0 radical (unpaired) electrons. The van der Waals surface area contributed by atoms with Crippen LogP contribution in [0.1, 0.15) is 18.9 Å². The maximum Gasteiger partial charge on any atom is 0.0420 e. The molecule has 1 rings (SSSR count). The Balaban J connectivity index is 2.21. The molecule has 0 atom stereocenters. The molecule has 16 heavy (non-hydrogen) atoms. The molecule has 2 N–H and O–H groups in total. The molecule has 4 heteroatoms. The minimum Gasteiger partial charge on any atom is -0.317 e. The predicted molar refractivity (Wildman–Crippen MR) is 74.0 cm³/mol. The van der Waals surface area contributed by atoms with Crippen LogP contribution in [0.5, 0.6) is 0 Å². The molecule has 90 valence electrons. The lowest BCUT2D eigenvalue weighted by Crippen LogP contribution is -2.21. The Morgan fingerprint density at radius 3 is 2.62 bits per heavy atom. The highest BCUT2D eigenvalue weighted by molar-refractivity contribution is 9.10. The van der Waals surface area contributed by atoms with Gasteiger partial charge >= 0.3 is 0 Å². The van der Waals surface area contributed by atoms with Gasteiger partial charge in [0.15, 0.2) is 0 Å². The van der Waals surface area contributed by atoms with Crippen molar-refractivity contribution in [3.63, 3.8) is 0 Å². The van der Waals surface area contributed by atoms with Crippen LogP contribution in [0, 0.1) is 0 Å². The molecular weight excluding hydrogens is 288 g/mol. The van der Waals surface area contributed by atoms with Gasteiger partial charge in [-0.05, 0) is 49.8 Å². The lowest BCUT2D eigenvalue weighted by Gasteiger charge is -2.06. The number of halogens is 2. The summed E-state index contributed by atoms with van der Waals surface area (Å²) >= 11 is 9.40. The molecular formula is C12H18BrClN2. The van der Waals surface area contributed by atoms with Crippen molar-refractivity contribution in [3.05, 3.63) is 33.3 Å². The second-order valence-electron chi connectivity index (χ2n) is 3.66. The molecule has 0 spiro atoms. The van der Waals surface area contributed by atoms with Crippen LogP contribution in [0.15, 0.2) is 22.7 Å². The molecule has 0 amide bonds. The van der Waals surface area contributed by atoms with E-state index in [2.05, 4.69) is 39.6 Å². The minimum atomic E-state index is 0.777. The fourth-order valence-electron chi connectivity index (χ4n) is 1.46. The normalized spacial score (nSPS) is 10.7. The van der Waals surface area contributed by atoms with E-state index < -0.39 is 0 Å². The Bertz CT molecular complexity index is 298. The van der Waals surface area contributed by atoms with Gasteiger partial charge in [0.25, 0.3) is 0 Å². The number of benzene rings is 1. The van der Waals surface area contributed by atoms with Crippen LogP contribution in [0.25, 0.3) is 0 Å². The van der Waals surface area contributed by atoms with E-state index in [9.17, 15) is 0 Å². The summed E-state index contributed by atoms with van der Waals surface area (Å²) in [7, 11) is 0. The summed E-state index contributed by atoms with van der Waals surface area (Å²) in [6.45, 7) is 6.13. The summed E-state index contributed by atoms with van der Waals surface area (Å²) in [5.41, 5.74) is 1.21. The Labute approximate surface area is 111 Å². The number of nitrogens with one attached hydrogen (secondary N) is 2. The summed E-state index contributed by atoms with van der Waals surface area (Å²) in [5, 5.41) is 7.47. The van der Waals surface area contributed by atoms with Gasteiger partial charge in [0.1, 0.15) is 0 Å². The molecule has 0 bridgehead atoms. The van der Waals surface area contributed by atoms with E-state index in [1.165, 1.54) is 5.56 Å². The maximum absolute atomic E-state index is 5.96. The molecule has 0 aliphatic rings. The van der Waals surface area contributed by atoms with Crippen molar-refractivity contribution in [3.8, 4) is 0 Å². The van der Waals surface area contributed by atoms with E-state index in [-0.39, 0.29) is 0 Å². The van der Waals surface area contributed by atoms with Crippen molar-refractivity contribution in [1.82, 2.24) is 10.6 Å². The van der Waals surface area contributed by atoms with Crippen LogP contribution < -0.4 is 10.6 Å². The molecule has 0 aliphatic carbocycles. The van der Waals surface area contributed by atoms with E-state index in [1.807, 2.05) is 12.1 Å². The molecule has 0 heterocycles. The fraction of sp³-hybridized carbons (Fsp3) is 0.500. The van der Waals surface area contributed by atoms with Crippen LogP contribution >= 0.6 is 27.5 Å². The first-order valence-corrected chi connectivity index (χ1v) is 6.76. The van der Waals surface area contributed by atoms with Crippen molar-refractivity contribution in [2.75, 3.05) is 19.6 Å². The van der Waals surface area contributed by atoms with Gasteiger partial charge in [0.05, 0.1) is 0 Å². The summed E-state index contributed by atoms with van der Waals surface area (Å²) in [5.74, 6) is 0. The zero-order valence-electron chi connectivity index (χ0n) is 9.52. The van der Waals surface area contributed by atoms with Gasteiger partial charge < -0.3 is 10.6 Å². The predicted octanol–water partition coefficient (Wildman–Crippen LogP) is 3.19. The third-order valence-corrected chi connectivity index (χ3v) is 2.88. The highest BCUT2D eigenvalue weighted by atomic mass is 79.9. The van der Waals surface area contributed by atoms with E-state index in [1.54, 1.807) is 0 Å². The fourth-order valence-corrected chi connectivity index (χ4v) is 2.39. The molecule has 0 fully saturated rings. The highest BCUT2D eigenvalue weighted by Crippen LogP contribution is 2.19. The first kappa shape index (κ1) is 14.0. The molecule has 1 aromatic rings. The molecule has 0 aliphatic heterocycles. The van der Waals surface area contributed by atoms with Crippen LogP contribution in [0.3, 0.4) is 0 Å². The Kier molecular flexibility index (Phi) is 7.05. The zero-order chi connectivity index (χ0) is 11.8. The van der Waals surface area contributed by atoms with E-state index >= 15 is 0 Å². The van der Waals surface area contributed by atoms with Gasteiger partial charge in [-0.2, -0.15) is 0 Å². The van der Waals surface area contributed by atoms with Gasteiger partial charge in [0.2, 0.25) is 0 Å². The van der Waals surface area contributed by atoms with Gasteiger partial charge in [-0.1, -0.05) is 34.5 Å². The molecule has 0 aromatic heterocycles. The standard InChI is InChI=1S/C12H18BrClN2/c1-2-15-4-3-5-16-9-10-6-11(13)8-12(14)7-10/h6-8,15-16H,2-5,9H2,1H3.